The minimum absolute atomic E-state index is 0.0269. The maximum absolute atomic E-state index is 12.5. The summed E-state index contributed by atoms with van der Waals surface area (Å²) in [6, 6.07) is 7.87. The molecule has 2 heterocycles. The van der Waals surface area contributed by atoms with E-state index in [0.717, 1.165) is 24.9 Å². The molecular weight excluding hydrogens is 328 g/mol. The van der Waals surface area contributed by atoms with Crippen molar-refractivity contribution in [3.63, 3.8) is 0 Å². The van der Waals surface area contributed by atoms with Crippen LogP contribution in [0.2, 0.25) is 0 Å². The first-order chi connectivity index (χ1) is 11.4. The van der Waals surface area contributed by atoms with Gasteiger partial charge >= 0.3 is 0 Å². The number of rotatable bonds is 6. The first-order valence-electron chi connectivity index (χ1n) is 8.40. The normalized spacial score (nSPS) is 20.6. The largest absolute Gasteiger partial charge is 0.377 e. The summed E-state index contributed by atoms with van der Waals surface area (Å²) >= 11 is 0. The second-order valence-corrected chi connectivity index (χ2v) is 8.41. The summed E-state index contributed by atoms with van der Waals surface area (Å²) in [4.78, 5) is 14.3. The fourth-order valence-electron chi connectivity index (χ4n) is 3.36. The van der Waals surface area contributed by atoms with Crippen LogP contribution in [0.25, 0.3) is 0 Å². The van der Waals surface area contributed by atoms with Gasteiger partial charge < -0.3 is 9.64 Å². The number of carbonyl (C=O) groups excluding carboxylic acids is 1. The average molecular weight is 352 g/mol. The maximum Gasteiger partial charge on any atom is 0.228 e. The molecule has 1 saturated heterocycles. The van der Waals surface area contributed by atoms with Crippen molar-refractivity contribution in [2.24, 2.45) is 0 Å². The van der Waals surface area contributed by atoms with Gasteiger partial charge in [-0.05, 0) is 30.9 Å². The Hall–Kier alpha value is -1.44. The highest BCUT2D eigenvalue weighted by Crippen LogP contribution is 2.28. The molecule has 0 saturated carbocycles. The monoisotopic (exact) mass is 352 g/mol. The van der Waals surface area contributed by atoms with Gasteiger partial charge in [0.1, 0.15) is 0 Å². The Morgan fingerprint density at radius 1 is 1.38 bits per heavy atom. The number of anilines is 1. The van der Waals surface area contributed by atoms with Gasteiger partial charge in [-0.2, -0.15) is 4.31 Å². The SMILES string of the molecule is CS(=O)(=O)N(CCC(=O)N1CCc2ccccc21)CC1CCCO1. The Morgan fingerprint density at radius 2 is 2.17 bits per heavy atom. The van der Waals surface area contributed by atoms with Crippen molar-refractivity contribution in [1.29, 1.82) is 0 Å². The zero-order valence-electron chi connectivity index (χ0n) is 14.0. The van der Waals surface area contributed by atoms with Crippen LogP contribution < -0.4 is 4.90 Å². The van der Waals surface area contributed by atoms with Crippen LogP contribution in [0.1, 0.15) is 24.8 Å². The van der Waals surface area contributed by atoms with E-state index in [1.807, 2.05) is 24.3 Å². The van der Waals surface area contributed by atoms with Crippen molar-refractivity contribution in [3.05, 3.63) is 29.8 Å². The molecule has 132 valence electrons. The summed E-state index contributed by atoms with van der Waals surface area (Å²) in [5.41, 5.74) is 2.12. The smallest absolute Gasteiger partial charge is 0.228 e. The van der Waals surface area contributed by atoms with Crippen LogP contribution in [0.5, 0.6) is 0 Å². The molecule has 1 aromatic carbocycles. The predicted molar refractivity (Wildman–Crippen MR) is 92.5 cm³/mol. The molecule has 1 atom stereocenters. The molecule has 6 nitrogen and oxygen atoms in total. The van der Waals surface area contributed by atoms with Crippen LogP contribution in [0.4, 0.5) is 5.69 Å². The molecule has 2 aliphatic rings. The van der Waals surface area contributed by atoms with Crippen LogP contribution in [0.3, 0.4) is 0 Å². The average Bonchev–Trinajstić information content (AvgIpc) is 3.19. The highest BCUT2D eigenvalue weighted by molar-refractivity contribution is 7.88. The molecule has 0 spiro atoms. The van der Waals surface area contributed by atoms with E-state index in [1.165, 1.54) is 16.1 Å². The van der Waals surface area contributed by atoms with Gasteiger partial charge in [-0.15, -0.1) is 0 Å². The number of para-hydroxylation sites is 1. The molecule has 24 heavy (non-hydrogen) atoms. The molecule has 0 radical (unpaired) electrons. The van der Waals surface area contributed by atoms with Crippen LogP contribution in [0, 0.1) is 0 Å². The third-order valence-corrected chi connectivity index (χ3v) is 5.93. The molecule has 1 unspecified atom stereocenters. The lowest BCUT2D eigenvalue weighted by molar-refractivity contribution is -0.118. The minimum Gasteiger partial charge on any atom is -0.377 e. The van der Waals surface area contributed by atoms with E-state index in [4.69, 9.17) is 4.74 Å². The first kappa shape index (κ1) is 17.4. The van der Waals surface area contributed by atoms with Gasteiger partial charge in [0.2, 0.25) is 15.9 Å². The van der Waals surface area contributed by atoms with Crippen LogP contribution in [0.15, 0.2) is 24.3 Å². The second-order valence-electron chi connectivity index (χ2n) is 6.43. The summed E-state index contributed by atoms with van der Waals surface area (Å²) < 4.78 is 30.9. The summed E-state index contributed by atoms with van der Waals surface area (Å²) in [7, 11) is -3.35. The standard InChI is InChI=1S/C17H24N2O4S/c1-24(21,22)18(13-15-6-4-12-23-15)10-9-17(20)19-11-8-14-5-2-3-7-16(14)19/h2-3,5,7,15H,4,6,8-13H2,1H3. The second kappa shape index (κ2) is 7.21. The van der Waals surface area contributed by atoms with Crippen LogP contribution in [-0.2, 0) is 26.0 Å². The molecular formula is C17H24N2O4S. The van der Waals surface area contributed by atoms with Gasteiger partial charge in [0, 0.05) is 38.3 Å². The molecule has 2 aliphatic heterocycles. The Kier molecular flexibility index (Phi) is 5.22. The number of ether oxygens (including phenoxy) is 1. The molecule has 0 bridgehead atoms. The number of amides is 1. The summed E-state index contributed by atoms with van der Waals surface area (Å²) in [6.07, 6.45) is 4.02. The van der Waals surface area contributed by atoms with E-state index >= 15 is 0 Å². The number of nitrogens with zero attached hydrogens (tertiary/aromatic N) is 2. The highest BCUT2D eigenvalue weighted by Gasteiger charge is 2.28. The van der Waals surface area contributed by atoms with Gasteiger partial charge in [-0.1, -0.05) is 18.2 Å². The minimum atomic E-state index is -3.35. The summed E-state index contributed by atoms with van der Waals surface area (Å²) in [6.45, 7) is 1.90. The quantitative estimate of drug-likeness (QED) is 0.776. The predicted octanol–water partition coefficient (Wildman–Crippen LogP) is 1.41. The van der Waals surface area contributed by atoms with E-state index < -0.39 is 10.0 Å². The zero-order valence-corrected chi connectivity index (χ0v) is 14.8. The maximum atomic E-state index is 12.5. The summed E-state index contributed by atoms with van der Waals surface area (Å²) in [5, 5.41) is 0. The Balaban J connectivity index is 1.61. The van der Waals surface area contributed by atoms with Crippen molar-refractivity contribution in [3.8, 4) is 0 Å². The van der Waals surface area contributed by atoms with Crippen molar-refractivity contribution in [2.45, 2.75) is 31.8 Å². The lowest BCUT2D eigenvalue weighted by Gasteiger charge is -2.24. The fraction of sp³-hybridized carbons (Fsp3) is 0.588. The number of sulfonamides is 1. The number of hydrogen-bond acceptors (Lipinski definition) is 4. The number of benzene rings is 1. The fourth-order valence-corrected chi connectivity index (χ4v) is 4.22. The lowest BCUT2D eigenvalue weighted by atomic mass is 10.2. The lowest BCUT2D eigenvalue weighted by Crippen LogP contribution is -2.40. The van der Waals surface area contributed by atoms with Gasteiger partial charge in [-0.3, -0.25) is 4.79 Å². The van der Waals surface area contributed by atoms with Crippen molar-refractivity contribution >= 4 is 21.6 Å². The van der Waals surface area contributed by atoms with Crippen molar-refractivity contribution in [1.82, 2.24) is 4.31 Å². The Bertz CT molecular complexity index is 698. The molecule has 1 amide bonds. The van der Waals surface area contributed by atoms with Crippen LogP contribution in [-0.4, -0.2) is 57.2 Å². The van der Waals surface area contributed by atoms with E-state index in [-0.39, 0.29) is 25.0 Å². The Morgan fingerprint density at radius 3 is 2.88 bits per heavy atom. The molecule has 1 fully saturated rings. The molecule has 0 N–H and O–H groups in total. The molecule has 1 aromatic rings. The van der Waals surface area contributed by atoms with Gasteiger partial charge in [0.25, 0.3) is 0 Å². The highest BCUT2D eigenvalue weighted by atomic mass is 32.2. The molecule has 7 heteroatoms. The molecule has 3 rings (SSSR count). The third kappa shape index (κ3) is 3.96. The number of hydrogen-bond donors (Lipinski definition) is 0. The third-order valence-electron chi connectivity index (χ3n) is 4.66. The van der Waals surface area contributed by atoms with E-state index in [2.05, 4.69) is 0 Å². The van der Waals surface area contributed by atoms with Gasteiger partial charge in [-0.25, -0.2) is 8.42 Å². The Labute approximate surface area is 143 Å². The zero-order chi connectivity index (χ0) is 17.2. The van der Waals surface area contributed by atoms with E-state index in [0.29, 0.717) is 19.7 Å². The van der Waals surface area contributed by atoms with E-state index in [1.54, 1.807) is 4.90 Å². The topological polar surface area (TPSA) is 66.9 Å². The first-order valence-corrected chi connectivity index (χ1v) is 10.2. The van der Waals surface area contributed by atoms with Crippen LogP contribution >= 0.6 is 0 Å². The summed E-state index contributed by atoms with van der Waals surface area (Å²) in [5.74, 6) is -0.0269. The molecule has 0 aliphatic carbocycles. The molecule has 0 aromatic heterocycles. The van der Waals surface area contributed by atoms with Crippen molar-refractivity contribution < 1.29 is 17.9 Å². The number of carbonyl (C=O) groups is 1. The van der Waals surface area contributed by atoms with Gasteiger partial charge in [0.05, 0.1) is 12.4 Å². The number of fused-ring (bicyclic) bond motifs is 1. The van der Waals surface area contributed by atoms with Gasteiger partial charge in [0.15, 0.2) is 0 Å². The van der Waals surface area contributed by atoms with E-state index in [9.17, 15) is 13.2 Å². The van der Waals surface area contributed by atoms with Crippen molar-refractivity contribution in [2.75, 3.05) is 37.4 Å².